The molecule has 0 saturated carbocycles. The lowest BCUT2D eigenvalue weighted by Gasteiger charge is -2.30. The number of nitrogens with zero attached hydrogens (tertiary/aromatic N) is 1. The molecular weight excluding hydrogens is 463 g/mol. The Morgan fingerprint density at radius 2 is 1.54 bits per heavy atom. The molecule has 0 aliphatic rings. The molecule has 0 aliphatic carbocycles. The smallest absolute Gasteiger partial charge is 0.416 e. The first-order valence-corrected chi connectivity index (χ1v) is 10.8. The van der Waals surface area contributed by atoms with Crippen LogP contribution in [0.4, 0.5) is 13.2 Å². The van der Waals surface area contributed by atoms with Gasteiger partial charge in [-0.1, -0.05) is 18.2 Å². The van der Waals surface area contributed by atoms with E-state index in [4.69, 9.17) is 9.47 Å². The van der Waals surface area contributed by atoms with Crippen LogP contribution in [-0.4, -0.2) is 21.2 Å². The zero-order chi connectivity index (χ0) is 26.1. The van der Waals surface area contributed by atoms with Crippen molar-refractivity contribution >= 4 is 5.97 Å². The average Bonchev–Trinajstić information content (AvgIpc) is 2.77. The summed E-state index contributed by atoms with van der Waals surface area (Å²) in [5.41, 5.74) is -1.84. The molecule has 6 nitrogen and oxygen atoms in total. The Morgan fingerprint density at radius 1 is 0.971 bits per heavy atom. The van der Waals surface area contributed by atoms with Crippen molar-refractivity contribution in [2.45, 2.75) is 52.5 Å². The van der Waals surface area contributed by atoms with Gasteiger partial charge in [-0.2, -0.15) is 13.2 Å². The third-order valence-corrected chi connectivity index (χ3v) is 5.20. The molecule has 0 radical (unpaired) electrons. The van der Waals surface area contributed by atoms with E-state index in [9.17, 15) is 27.9 Å². The monoisotopic (exact) mass is 489 g/mol. The predicted octanol–water partition coefficient (Wildman–Crippen LogP) is 6.21. The second-order valence-corrected chi connectivity index (χ2v) is 9.00. The van der Waals surface area contributed by atoms with Crippen molar-refractivity contribution in [3.63, 3.8) is 0 Å². The molecule has 0 spiro atoms. The maximum absolute atomic E-state index is 13.3. The summed E-state index contributed by atoms with van der Waals surface area (Å²) >= 11 is 0. The maximum atomic E-state index is 13.3. The number of hydrogen-bond donors (Lipinski definition) is 1. The molecule has 9 heteroatoms. The van der Waals surface area contributed by atoms with Crippen LogP contribution in [0.25, 0.3) is 5.69 Å². The van der Waals surface area contributed by atoms with Crippen LogP contribution >= 0.6 is 0 Å². The first-order valence-electron chi connectivity index (χ1n) is 10.8. The zero-order valence-electron chi connectivity index (χ0n) is 19.9. The van der Waals surface area contributed by atoms with E-state index in [1.807, 2.05) is 0 Å². The number of hydrogen-bond acceptors (Lipinski definition) is 4. The number of aliphatic carboxylic acids is 1. The van der Waals surface area contributed by atoms with Crippen LogP contribution in [-0.2, 0) is 15.7 Å². The van der Waals surface area contributed by atoms with Crippen LogP contribution in [0, 0.1) is 13.8 Å². The van der Waals surface area contributed by atoms with Gasteiger partial charge < -0.3 is 19.1 Å². The van der Waals surface area contributed by atoms with Gasteiger partial charge in [0.25, 0.3) is 0 Å². The molecule has 0 aliphatic heterocycles. The molecule has 35 heavy (non-hydrogen) atoms. The fourth-order valence-corrected chi connectivity index (χ4v) is 3.65. The Balaban J connectivity index is 2.34. The molecule has 0 amide bonds. The van der Waals surface area contributed by atoms with Crippen molar-refractivity contribution in [1.82, 2.24) is 4.57 Å². The normalized spacial score (nSPS) is 12.9. The lowest BCUT2D eigenvalue weighted by molar-refractivity contribution is -0.161. The number of carboxylic acid groups (broad SMARTS) is 1. The second kappa shape index (κ2) is 9.58. The summed E-state index contributed by atoms with van der Waals surface area (Å²) in [6.45, 7) is 7.98. The standard InChI is InChI=1S/C26H26F3NO5/c1-15-20(23(24(32)33)35-25(3,4)5)30(18-13-11-17(12-14-18)26(27,28)29)16(2)22(21(15)31)34-19-9-7-6-8-10-19/h6-14,23H,1-5H3,(H,32,33). The minimum atomic E-state index is -4.55. The van der Waals surface area contributed by atoms with Crippen molar-refractivity contribution < 1.29 is 32.5 Å². The molecule has 3 aromatic rings. The van der Waals surface area contributed by atoms with Crippen molar-refractivity contribution in [3.05, 3.63) is 87.3 Å². The van der Waals surface area contributed by atoms with Gasteiger partial charge in [0, 0.05) is 11.3 Å². The number of pyridine rings is 1. The molecule has 0 saturated heterocycles. The van der Waals surface area contributed by atoms with E-state index in [-0.39, 0.29) is 28.4 Å². The highest BCUT2D eigenvalue weighted by molar-refractivity contribution is 5.75. The van der Waals surface area contributed by atoms with Crippen LogP contribution in [0.15, 0.2) is 59.4 Å². The fraction of sp³-hybridized carbons (Fsp3) is 0.308. The number of ether oxygens (including phenoxy) is 2. The molecule has 1 aromatic heterocycles. The van der Waals surface area contributed by atoms with Gasteiger partial charge in [-0.15, -0.1) is 0 Å². The summed E-state index contributed by atoms with van der Waals surface area (Å²) in [7, 11) is 0. The van der Waals surface area contributed by atoms with E-state index in [1.165, 1.54) is 30.5 Å². The molecule has 0 bridgehead atoms. The number of rotatable bonds is 6. The molecule has 1 heterocycles. The Labute approximate surface area is 200 Å². The van der Waals surface area contributed by atoms with Crippen LogP contribution in [0.5, 0.6) is 11.5 Å². The predicted molar refractivity (Wildman–Crippen MR) is 124 cm³/mol. The number of para-hydroxylation sites is 1. The molecule has 3 rings (SSSR count). The third-order valence-electron chi connectivity index (χ3n) is 5.20. The number of carboxylic acids is 1. The van der Waals surface area contributed by atoms with Gasteiger partial charge >= 0.3 is 12.1 Å². The summed E-state index contributed by atoms with van der Waals surface area (Å²) in [6.07, 6.45) is -6.12. The Bertz CT molecular complexity index is 1270. The number of aromatic nitrogens is 1. The first kappa shape index (κ1) is 26.0. The van der Waals surface area contributed by atoms with Crippen LogP contribution in [0.2, 0.25) is 0 Å². The van der Waals surface area contributed by atoms with Gasteiger partial charge in [0.1, 0.15) is 5.75 Å². The van der Waals surface area contributed by atoms with Gasteiger partial charge in [0.05, 0.1) is 22.6 Å². The van der Waals surface area contributed by atoms with Crippen LogP contribution < -0.4 is 10.2 Å². The molecule has 0 fully saturated rings. The highest BCUT2D eigenvalue weighted by atomic mass is 19.4. The molecule has 186 valence electrons. The quantitative estimate of drug-likeness (QED) is 0.446. The number of alkyl halides is 3. The molecule has 1 atom stereocenters. The zero-order valence-corrected chi connectivity index (χ0v) is 19.9. The van der Waals surface area contributed by atoms with E-state index < -0.39 is 34.8 Å². The lowest BCUT2D eigenvalue weighted by atomic mass is 10.0. The summed E-state index contributed by atoms with van der Waals surface area (Å²) in [5, 5.41) is 10.0. The average molecular weight is 489 g/mol. The van der Waals surface area contributed by atoms with Crippen LogP contribution in [0.3, 0.4) is 0 Å². The maximum Gasteiger partial charge on any atom is 0.416 e. The van der Waals surface area contributed by atoms with E-state index in [0.717, 1.165) is 12.1 Å². The summed E-state index contributed by atoms with van der Waals surface area (Å²) < 4.78 is 52.5. The Morgan fingerprint density at radius 3 is 2.03 bits per heavy atom. The summed E-state index contributed by atoms with van der Waals surface area (Å²) in [4.78, 5) is 25.6. The third kappa shape index (κ3) is 5.74. The van der Waals surface area contributed by atoms with E-state index in [0.29, 0.717) is 5.75 Å². The number of halogens is 3. The van der Waals surface area contributed by atoms with E-state index >= 15 is 0 Å². The van der Waals surface area contributed by atoms with Gasteiger partial charge in [-0.3, -0.25) is 4.79 Å². The number of benzene rings is 2. The second-order valence-electron chi connectivity index (χ2n) is 9.00. The van der Waals surface area contributed by atoms with E-state index in [2.05, 4.69) is 0 Å². The van der Waals surface area contributed by atoms with Gasteiger partial charge in [-0.25, -0.2) is 4.79 Å². The van der Waals surface area contributed by atoms with Gasteiger partial charge in [-0.05, 0) is 71.0 Å². The summed E-state index contributed by atoms with van der Waals surface area (Å²) in [5.74, 6) is -1.05. The largest absolute Gasteiger partial charge is 0.479 e. The first-order chi connectivity index (χ1) is 16.2. The SMILES string of the molecule is Cc1c(C(OC(C)(C)C)C(=O)O)n(-c2ccc(C(F)(F)F)cc2)c(C)c(Oc2ccccc2)c1=O. The Kier molecular flexibility index (Phi) is 7.12. The molecular formula is C26H26F3NO5. The van der Waals surface area contributed by atoms with Crippen molar-refractivity contribution in [2.75, 3.05) is 0 Å². The highest BCUT2D eigenvalue weighted by Crippen LogP contribution is 2.35. The summed E-state index contributed by atoms with van der Waals surface area (Å²) in [6, 6.07) is 12.7. The molecule has 1 N–H and O–H groups in total. The van der Waals surface area contributed by atoms with E-state index in [1.54, 1.807) is 51.1 Å². The van der Waals surface area contributed by atoms with Crippen LogP contribution in [0.1, 0.15) is 49.4 Å². The van der Waals surface area contributed by atoms with Crippen molar-refractivity contribution in [1.29, 1.82) is 0 Å². The fourth-order valence-electron chi connectivity index (χ4n) is 3.65. The van der Waals surface area contributed by atoms with Gasteiger partial charge in [0.15, 0.2) is 11.9 Å². The van der Waals surface area contributed by atoms with Crippen molar-refractivity contribution in [3.8, 4) is 17.2 Å². The highest BCUT2D eigenvalue weighted by Gasteiger charge is 2.34. The number of carbonyl (C=O) groups is 1. The molecule has 1 unspecified atom stereocenters. The minimum Gasteiger partial charge on any atom is -0.479 e. The van der Waals surface area contributed by atoms with Gasteiger partial charge in [0.2, 0.25) is 5.43 Å². The molecule has 2 aromatic carbocycles. The lowest BCUT2D eigenvalue weighted by Crippen LogP contribution is -2.32. The van der Waals surface area contributed by atoms with Crippen molar-refractivity contribution in [2.24, 2.45) is 0 Å². The minimum absolute atomic E-state index is 0.00454. The topological polar surface area (TPSA) is 77.8 Å². The Hall–Kier alpha value is -3.59.